The number of carbonyl (C=O) groups is 5. The zero-order chi connectivity index (χ0) is 27.0. The number of ether oxygens (including phenoxy) is 1. The number of amides is 5. The molecule has 10 nitrogen and oxygen atoms in total. The van der Waals surface area contributed by atoms with Gasteiger partial charge in [0.2, 0.25) is 11.8 Å². The Morgan fingerprint density at radius 3 is 2.56 bits per heavy atom. The zero-order valence-corrected chi connectivity index (χ0v) is 21.1. The molecule has 1 atom stereocenters. The van der Waals surface area contributed by atoms with Crippen LogP contribution in [0.5, 0.6) is 5.75 Å². The van der Waals surface area contributed by atoms with Crippen molar-refractivity contribution in [1.82, 2.24) is 10.2 Å². The molecule has 0 spiro atoms. The lowest BCUT2D eigenvalue weighted by atomic mass is 10.0. The van der Waals surface area contributed by atoms with Crippen LogP contribution in [0, 0.1) is 0 Å². The van der Waals surface area contributed by atoms with Crippen LogP contribution >= 0.6 is 0 Å². The Hall–Kier alpha value is -4.73. The molecule has 4 aliphatic rings. The quantitative estimate of drug-likeness (QED) is 0.524. The molecule has 196 valence electrons. The molecule has 39 heavy (non-hydrogen) atoms. The number of hydrogen-bond acceptors (Lipinski definition) is 6. The number of piperidine rings is 1. The lowest BCUT2D eigenvalue weighted by molar-refractivity contribution is -0.136. The monoisotopic (exact) mass is 524 g/mol. The summed E-state index contributed by atoms with van der Waals surface area (Å²) in [6.45, 7) is 0.242. The molecule has 1 aliphatic carbocycles. The summed E-state index contributed by atoms with van der Waals surface area (Å²) in [5.41, 5.74) is 3.19. The summed E-state index contributed by atoms with van der Waals surface area (Å²) in [6.07, 6.45) is 1.78. The summed E-state index contributed by atoms with van der Waals surface area (Å²) < 4.78 is 5.65. The Labute approximate surface area is 223 Å². The van der Waals surface area contributed by atoms with Gasteiger partial charge in [0.05, 0.1) is 11.4 Å². The number of fused-ring (bicyclic) bond motifs is 1. The third-order valence-electron chi connectivity index (χ3n) is 7.96. The number of nitrogens with zero attached hydrogens (tertiary/aromatic N) is 3. The van der Waals surface area contributed by atoms with Crippen LogP contribution in [0.1, 0.15) is 52.0 Å². The lowest BCUT2D eigenvalue weighted by Gasteiger charge is -2.29. The van der Waals surface area contributed by atoms with Crippen molar-refractivity contribution in [2.24, 2.45) is 0 Å². The Morgan fingerprint density at radius 1 is 0.974 bits per heavy atom. The van der Waals surface area contributed by atoms with Crippen LogP contribution in [0.15, 0.2) is 48.5 Å². The maximum absolute atomic E-state index is 13.2. The average Bonchev–Trinajstić information content (AvgIpc) is 3.65. The first-order valence-corrected chi connectivity index (χ1v) is 12.9. The zero-order valence-electron chi connectivity index (χ0n) is 21.1. The van der Waals surface area contributed by atoms with Gasteiger partial charge in [-0.25, -0.2) is 4.79 Å². The first-order chi connectivity index (χ1) is 18.8. The van der Waals surface area contributed by atoms with E-state index in [0.717, 1.165) is 34.9 Å². The summed E-state index contributed by atoms with van der Waals surface area (Å²) in [7, 11) is 1.60. The summed E-state index contributed by atoms with van der Waals surface area (Å²) >= 11 is 0. The third-order valence-corrected chi connectivity index (χ3v) is 7.96. The van der Waals surface area contributed by atoms with Gasteiger partial charge in [-0.2, -0.15) is 0 Å². The van der Waals surface area contributed by atoms with E-state index >= 15 is 0 Å². The molecule has 1 saturated carbocycles. The van der Waals surface area contributed by atoms with Gasteiger partial charge < -0.3 is 14.5 Å². The Bertz CT molecular complexity index is 1640. The van der Waals surface area contributed by atoms with E-state index in [0.29, 0.717) is 16.8 Å². The van der Waals surface area contributed by atoms with E-state index in [1.807, 2.05) is 35.2 Å². The number of imide groups is 1. The maximum Gasteiger partial charge on any atom is 0.419 e. The first-order valence-electron chi connectivity index (χ1n) is 12.9. The van der Waals surface area contributed by atoms with Gasteiger partial charge in [0, 0.05) is 48.0 Å². The van der Waals surface area contributed by atoms with E-state index in [1.165, 1.54) is 15.9 Å². The van der Waals surface area contributed by atoms with E-state index in [4.69, 9.17) is 4.74 Å². The topological polar surface area (TPSA) is 116 Å². The van der Waals surface area contributed by atoms with Crippen LogP contribution in [-0.4, -0.2) is 53.8 Å². The smallest absolute Gasteiger partial charge is 0.410 e. The van der Waals surface area contributed by atoms with Crippen molar-refractivity contribution in [3.8, 4) is 5.75 Å². The molecule has 1 unspecified atom stereocenters. The highest BCUT2D eigenvalue weighted by molar-refractivity contribution is 6.27. The van der Waals surface area contributed by atoms with Gasteiger partial charge >= 0.3 is 6.09 Å². The fourth-order valence-corrected chi connectivity index (χ4v) is 5.84. The summed E-state index contributed by atoms with van der Waals surface area (Å²) in [6, 6.07) is 13.6. The van der Waals surface area contributed by atoms with Gasteiger partial charge in [0.1, 0.15) is 11.8 Å². The molecule has 3 aromatic carbocycles. The second-order valence-corrected chi connectivity index (χ2v) is 10.4. The Kier molecular flexibility index (Phi) is 5.03. The van der Waals surface area contributed by atoms with Crippen LogP contribution in [0.3, 0.4) is 0 Å². The highest BCUT2D eigenvalue weighted by Crippen LogP contribution is 2.46. The van der Waals surface area contributed by atoms with Crippen LogP contribution in [0.2, 0.25) is 0 Å². The molecule has 2 fully saturated rings. The molecule has 0 radical (unpaired) electrons. The maximum atomic E-state index is 13.2. The van der Waals surface area contributed by atoms with E-state index in [9.17, 15) is 24.0 Å². The SMILES string of the molecule is CN(C(=O)Oc1ccc2c(c1)C(=O)N(C1CCC(=O)NC1=O)C2)c1ccc2c3c(cccc13)C(=O)N2C1CC1. The summed E-state index contributed by atoms with van der Waals surface area (Å²) in [4.78, 5) is 67.9. The molecule has 7 rings (SSSR count). The minimum absolute atomic E-state index is 0.00496. The number of benzene rings is 3. The van der Waals surface area contributed by atoms with Crippen molar-refractivity contribution in [2.45, 2.75) is 44.3 Å². The van der Waals surface area contributed by atoms with Crippen molar-refractivity contribution >= 4 is 51.9 Å². The number of nitrogens with one attached hydrogen (secondary N) is 1. The van der Waals surface area contributed by atoms with Gasteiger partial charge in [-0.05, 0) is 55.2 Å². The number of anilines is 2. The lowest BCUT2D eigenvalue weighted by Crippen LogP contribution is -2.52. The first kappa shape index (κ1) is 23.4. The van der Waals surface area contributed by atoms with Gasteiger partial charge in [-0.15, -0.1) is 0 Å². The average molecular weight is 525 g/mol. The second-order valence-electron chi connectivity index (χ2n) is 10.4. The van der Waals surface area contributed by atoms with Gasteiger partial charge in [0.25, 0.3) is 11.8 Å². The van der Waals surface area contributed by atoms with E-state index < -0.39 is 18.0 Å². The standard InChI is InChI=1S/C29H24N4O6/c1-31(21-9-10-22-25-18(21)3-2-4-19(25)28(37)33(22)16-6-7-16)29(38)39-17-8-5-15-14-32(27(36)20(15)13-17)23-11-12-24(34)30-26(23)35/h2-5,8-10,13,16,23H,6-7,11-12,14H2,1H3,(H,30,34,35). The van der Waals surface area contributed by atoms with Crippen LogP contribution < -0.4 is 19.9 Å². The van der Waals surface area contributed by atoms with Gasteiger partial charge in [-0.1, -0.05) is 18.2 Å². The molecule has 3 heterocycles. The highest BCUT2D eigenvalue weighted by Gasteiger charge is 2.41. The van der Waals surface area contributed by atoms with Crippen LogP contribution in [-0.2, 0) is 16.1 Å². The summed E-state index contributed by atoms with van der Waals surface area (Å²) in [5.74, 6) is -0.971. The largest absolute Gasteiger partial charge is 0.419 e. The number of carbonyl (C=O) groups excluding carboxylic acids is 5. The predicted molar refractivity (Wildman–Crippen MR) is 141 cm³/mol. The van der Waals surface area contributed by atoms with Crippen molar-refractivity contribution in [3.05, 3.63) is 65.2 Å². The molecule has 1 saturated heterocycles. The van der Waals surface area contributed by atoms with E-state index in [1.54, 1.807) is 19.2 Å². The van der Waals surface area contributed by atoms with Crippen molar-refractivity contribution in [2.75, 3.05) is 16.8 Å². The molecular weight excluding hydrogens is 500 g/mol. The Balaban J connectivity index is 1.13. The number of rotatable bonds is 4. The van der Waals surface area contributed by atoms with Gasteiger partial charge in [-0.3, -0.25) is 29.4 Å². The van der Waals surface area contributed by atoms with Crippen LogP contribution in [0.4, 0.5) is 16.2 Å². The molecule has 0 aromatic heterocycles. The normalized spacial score (nSPS) is 20.0. The van der Waals surface area contributed by atoms with Crippen molar-refractivity contribution in [3.63, 3.8) is 0 Å². The minimum atomic E-state index is -0.716. The van der Waals surface area contributed by atoms with E-state index in [2.05, 4.69) is 5.32 Å². The molecule has 0 bridgehead atoms. The molecular formula is C29H24N4O6. The molecule has 3 aromatic rings. The Morgan fingerprint density at radius 2 is 1.79 bits per heavy atom. The fraction of sp³-hybridized carbons (Fsp3) is 0.276. The van der Waals surface area contributed by atoms with Crippen LogP contribution in [0.25, 0.3) is 10.8 Å². The van der Waals surface area contributed by atoms with E-state index in [-0.39, 0.29) is 48.9 Å². The molecule has 10 heteroatoms. The minimum Gasteiger partial charge on any atom is -0.410 e. The fourth-order valence-electron chi connectivity index (χ4n) is 5.84. The third kappa shape index (κ3) is 3.58. The summed E-state index contributed by atoms with van der Waals surface area (Å²) in [5, 5.41) is 3.91. The molecule has 5 amide bonds. The molecule has 1 N–H and O–H groups in total. The number of hydrogen-bond donors (Lipinski definition) is 1. The predicted octanol–water partition coefficient (Wildman–Crippen LogP) is 3.36. The van der Waals surface area contributed by atoms with Crippen molar-refractivity contribution < 1.29 is 28.7 Å². The van der Waals surface area contributed by atoms with Gasteiger partial charge in [0.15, 0.2) is 0 Å². The molecule has 3 aliphatic heterocycles. The van der Waals surface area contributed by atoms with Crippen molar-refractivity contribution in [1.29, 1.82) is 0 Å². The highest BCUT2D eigenvalue weighted by atomic mass is 16.6. The second kappa shape index (κ2) is 8.39.